The molecule has 9 rings (SSSR count). The molecule has 12 nitrogen and oxygen atoms in total. The first kappa shape index (κ1) is 38.7. The quantitative estimate of drug-likeness (QED) is 0.0889. The highest BCUT2D eigenvalue weighted by Gasteiger charge is 2.50. The van der Waals surface area contributed by atoms with Gasteiger partial charge >= 0.3 is 18.1 Å². The van der Waals surface area contributed by atoms with Gasteiger partial charge < -0.3 is 24.2 Å². The minimum absolute atomic E-state index is 0.0731. The zero-order chi connectivity index (χ0) is 41.2. The first-order valence-corrected chi connectivity index (χ1v) is 19.9. The third kappa shape index (κ3) is 6.90. The average Bonchev–Trinajstić information content (AvgIpc) is 3.88. The Morgan fingerprint density at radius 3 is 2.44 bits per heavy atom. The van der Waals surface area contributed by atoms with E-state index < -0.39 is 36.3 Å². The second-order valence-electron chi connectivity index (χ2n) is 16.2. The van der Waals surface area contributed by atoms with Gasteiger partial charge in [-0.3, -0.25) is 19.6 Å². The lowest BCUT2D eigenvalue weighted by molar-refractivity contribution is -0.156. The number of amides is 1. The Bertz CT molecular complexity index is 2460. The molecule has 16 heteroatoms. The molecule has 0 radical (unpaired) electrons. The Kier molecular flexibility index (Phi) is 9.92. The smallest absolute Gasteiger partial charge is 0.413 e. The number of carbonyl (C=O) groups is 2. The van der Waals surface area contributed by atoms with Gasteiger partial charge in [-0.25, -0.2) is 22.4 Å². The molecule has 4 aliphatic heterocycles. The van der Waals surface area contributed by atoms with E-state index in [1.54, 1.807) is 18.7 Å². The Hall–Kier alpha value is -5.77. The van der Waals surface area contributed by atoms with Crippen molar-refractivity contribution >= 4 is 39.6 Å². The summed E-state index contributed by atoms with van der Waals surface area (Å²) in [6.45, 7) is 4.47. The second-order valence-corrected chi connectivity index (χ2v) is 16.2. The summed E-state index contributed by atoms with van der Waals surface area (Å²) in [7, 11) is 0. The molecule has 0 aliphatic carbocycles. The molecule has 2 aromatic heterocycles. The molecular formula is C43H42F4N6O6. The molecule has 1 amide bonds. The summed E-state index contributed by atoms with van der Waals surface area (Å²) in [4.78, 5) is 44.9. The molecule has 59 heavy (non-hydrogen) atoms. The topological polar surface area (TPSA) is 130 Å². The fraction of sp³-hybridized carbons (Fsp3) is 0.419. The standard InChI is InChI=1S/C43H42F4N6O6/c1-23(2)40(55)58-22-59-42(56)53-27-9-10-28(53)20-51(19-27)39-31-18-48-37(30-17-29(54)16-25-6-11-32(45)35(46)34(25)30)36(47)38(31)49-41(50-39)57-21-43-13-3-15-52(43)33(12-14-43)24-4-7-26(44)8-5-24/h4-8,11,16-18,23,27-28,33,54H,3,9-10,12-15,19-22H2,1-2H3/t27-,28+,33?,43?. The molecule has 5 aromatic rings. The van der Waals surface area contributed by atoms with Gasteiger partial charge in [-0.05, 0) is 86.4 Å². The monoisotopic (exact) mass is 814 g/mol. The number of halogens is 4. The third-order valence-electron chi connectivity index (χ3n) is 12.4. The normalized spacial score (nSPS) is 22.7. The Morgan fingerprint density at radius 2 is 1.69 bits per heavy atom. The molecule has 4 fully saturated rings. The van der Waals surface area contributed by atoms with Crippen LogP contribution in [0, 0.1) is 29.2 Å². The van der Waals surface area contributed by atoms with Crippen LogP contribution < -0.4 is 9.64 Å². The van der Waals surface area contributed by atoms with Crippen LogP contribution in [0.25, 0.3) is 32.9 Å². The van der Waals surface area contributed by atoms with Crippen molar-refractivity contribution in [2.45, 2.75) is 76.0 Å². The maximum Gasteiger partial charge on any atom is 0.413 e. The predicted octanol–water partition coefficient (Wildman–Crippen LogP) is 7.80. The third-order valence-corrected chi connectivity index (χ3v) is 12.4. The van der Waals surface area contributed by atoms with Crippen molar-refractivity contribution in [2.24, 2.45) is 5.92 Å². The number of piperazine rings is 1. The lowest BCUT2D eigenvalue weighted by Crippen LogP contribution is -2.56. The fourth-order valence-corrected chi connectivity index (χ4v) is 9.57. The van der Waals surface area contributed by atoms with E-state index in [9.17, 15) is 23.5 Å². The van der Waals surface area contributed by atoms with Crippen molar-refractivity contribution in [3.8, 4) is 23.0 Å². The number of aromatic nitrogens is 3. The number of phenols is 1. The van der Waals surface area contributed by atoms with Gasteiger partial charge in [-0.2, -0.15) is 9.97 Å². The Morgan fingerprint density at radius 1 is 0.932 bits per heavy atom. The van der Waals surface area contributed by atoms with Crippen LogP contribution in [0.3, 0.4) is 0 Å². The van der Waals surface area contributed by atoms with Gasteiger partial charge in [0.2, 0.25) is 6.79 Å². The zero-order valence-corrected chi connectivity index (χ0v) is 32.5. The maximum absolute atomic E-state index is 17.1. The molecule has 6 heterocycles. The molecule has 308 valence electrons. The second kappa shape index (κ2) is 15.1. The van der Waals surface area contributed by atoms with Gasteiger partial charge in [-0.15, -0.1) is 0 Å². The van der Waals surface area contributed by atoms with E-state index in [0.29, 0.717) is 31.7 Å². The van der Waals surface area contributed by atoms with Gasteiger partial charge in [-0.1, -0.05) is 32.0 Å². The molecule has 3 aromatic carbocycles. The number of benzene rings is 3. The van der Waals surface area contributed by atoms with E-state index in [0.717, 1.165) is 49.9 Å². The van der Waals surface area contributed by atoms with Crippen LogP contribution in [-0.2, 0) is 14.3 Å². The highest BCUT2D eigenvalue weighted by Crippen LogP contribution is 2.49. The number of hydrogen-bond donors (Lipinski definition) is 1. The summed E-state index contributed by atoms with van der Waals surface area (Å²) < 4.78 is 77.7. The number of rotatable bonds is 9. The fourth-order valence-electron chi connectivity index (χ4n) is 9.57. The molecule has 2 bridgehead atoms. The summed E-state index contributed by atoms with van der Waals surface area (Å²) in [6, 6.07) is 10.5. The Balaban J connectivity index is 1.07. The summed E-state index contributed by atoms with van der Waals surface area (Å²) >= 11 is 0. The van der Waals surface area contributed by atoms with E-state index in [1.807, 2.05) is 17.0 Å². The first-order valence-electron chi connectivity index (χ1n) is 19.9. The zero-order valence-electron chi connectivity index (χ0n) is 32.5. The number of pyridine rings is 1. The van der Waals surface area contributed by atoms with E-state index >= 15 is 8.78 Å². The summed E-state index contributed by atoms with van der Waals surface area (Å²) in [6.07, 6.45) is 5.50. The molecule has 4 atom stereocenters. The van der Waals surface area contributed by atoms with E-state index in [-0.39, 0.29) is 86.7 Å². The average molecular weight is 815 g/mol. The summed E-state index contributed by atoms with van der Waals surface area (Å²) in [5, 5.41) is 10.7. The van der Waals surface area contributed by atoms with Crippen molar-refractivity contribution in [2.75, 3.05) is 37.9 Å². The van der Waals surface area contributed by atoms with Crippen molar-refractivity contribution < 1.29 is 46.5 Å². The van der Waals surface area contributed by atoms with Gasteiger partial charge in [0.25, 0.3) is 0 Å². The first-order chi connectivity index (χ1) is 28.4. The van der Waals surface area contributed by atoms with Crippen molar-refractivity contribution in [1.29, 1.82) is 0 Å². The van der Waals surface area contributed by atoms with Crippen LogP contribution in [0.4, 0.5) is 28.2 Å². The number of ether oxygens (including phenoxy) is 3. The van der Waals surface area contributed by atoms with E-state index in [4.69, 9.17) is 19.2 Å². The van der Waals surface area contributed by atoms with Gasteiger partial charge in [0.05, 0.1) is 28.9 Å². The van der Waals surface area contributed by atoms with Crippen LogP contribution >= 0.6 is 0 Å². The number of fused-ring (bicyclic) bond motifs is 5. The van der Waals surface area contributed by atoms with Crippen LogP contribution in [0.5, 0.6) is 11.8 Å². The SMILES string of the molecule is CC(C)C(=O)OCOC(=O)N1[C@@H]2CC[C@H]1CN(c1nc(OCC34CCCN3C(c3ccc(F)cc3)CC4)nc3c(F)c(-c4cc(O)cc5ccc(F)c(F)c45)ncc13)C2. The molecule has 0 saturated carbocycles. The largest absolute Gasteiger partial charge is 0.508 e. The maximum atomic E-state index is 17.1. The van der Waals surface area contributed by atoms with Crippen molar-refractivity contribution in [1.82, 2.24) is 24.8 Å². The molecule has 1 N–H and O–H groups in total. The van der Waals surface area contributed by atoms with Gasteiger partial charge in [0.15, 0.2) is 17.5 Å². The number of hydrogen-bond acceptors (Lipinski definition) is 11. The molecule has 4 saturated heterocycles. The number of esters is 1. The van der Waals surface area contributed by atoms with Crippen molar-refractivity contribution in [3.63, 3.8) is 0 Å². The molecule has 4 aliphatic rings. The van der Waals surface area contributed by atoms with Crippen molar-refractivity contribution in [3.05, 3.63) is 83.6 Å². The lowest BCUT2D eigenvalue weighted by Gasteiger charge is -2.41. The van der Waals surface area contributed by atoms with Crippen LogP contribution in [0.1, 0.15) is 64.0 Å². The van der Waals surface area contributed by atoms with Crippen LogP contribution in [0.15, 0.2) is 54.7 Å². The number of carbonyl (C=O) groups excluding carboxylic acids is 2. The Labute approximate surface area is 336 Å². The number of aromatic hydroxyl groups is 1. The van der Waals surface area contributed by atoms with Gasteiger partial charge in [0, 0.05) is 36.3 Å². The van der Waals surface area contributed by atoms with E-state index in [2.05, 4.69) is 14.9 Å². The van der Waals surface area contributed by atoms with Crippen LogP contribution in [-0.4, -0.2) is 92.6 Å². The van der Waals surface area contributed by atoms with E-state index in [1.165, 1.54) is 30.5 Å². The molecule has 2 unspecified atom stereocenters. The molecular weight excluding hydrogens is 773 g/mol. The number of phenolic OH excluding ortho intramolecular Hbond substituents is 1. The number of nitrogens with zero attached hydrogens (tertiary/aromatic N) is 6. The highest BCUT2D eigenvalue weighted by molar-refractivity contribution is 6.00. The predicted molar refractivity (Wildman–Crippen MR) is 207 cm³/mol. The molecule has 0 spiro atoms. The minimum Gasteiger partial charge on any atom is -0.508 e. The van der Waals surface area contributed by atoms with Gasteiger partial charge in [0.1, 0.15) is 35.2 Å². The minimum atomic E-state index is -1.22. The highest BCUT2D eigenvalue weighted by atomic mass is 19.2. The summed E-state index contributed by atoms with van der Waals surface area (Å²) in [5.74, 6) is -4.46. The summed E-state index contributed by atoms with van der Waals surface area (Å²) in [5.41, 5.74) is -0.0485. The number of anilines is 1. The van der Waals surface area contributed by atoms with Crippen LogP contribution in [0.2, 0.25) is 0 Å². The lowest BCUT2D eigenvalue weighted by atomic mass is 9.95.